The molecule has 7 heterocycles. The highest BCUT2D eigenvalue weighted by Crippen LogP contribution is 2.53. The highest BCUT2D eigenvalue weighted by atomic mass is 35.5. The van der Waals surface area contributed by atoms with Gasteiger partial charge in [0.1, 0.15) is 66.3 Å². The van der Waals surface area contributed by atoms with Gasteiger partial charge >= 0.3 is 5.97 Å². The van der Waals surface area contributed by atoms with Gasteiger partial charge in [-0.25, -0.2) is 29.1 Å². The number of benzene rings is 4. The Morgan fingerprint density at radius 2 is 1.46 bits per heavy atom. The summed E-state index contributed by atoms with van der Waals surface area (Å²) in [7, 11) is 2.10. The molecule has 4 bridgehead atoms. The van der Waals surface area contributed by atoms with Gasteiger partial charge < -0.3 is 57.4 Å². The Balaban J connectivity index is 0.928. The number of carboxylic acid groups (broad SMARTS) is 1. The Hall–Kier alpha value is -6.30. The molecular formula is C59H63Cl2FN6O12S. The lowest BCUT2D eigenvalue weighted by Crippen LogP contribution is -2.49. The summed E-state index contributed by atoms with van der Waals surface area (Å²) in [5.74, 6) is 0.554. The van der Waals surface area contributed by atoms with Crippen LogP contribution in [0.4, 0.5) is 4.39 Å². The van der Waals surface area contributed by atoms with Crippen LogP contribution in [0.3, 0.4) is 0 Å². The lowest BCUT2D eigenvalue weighted by atomic mass is 9.92. The molecule has 428 valence electrons. The molecule has 4 aliphatic heterocycles. The molecule has 0 amide bonds. The summed E-state index contributed by atoms with van der Waals surface area (Å²) in [6.07, 6.45) is 0.418. The summed E-state index contributed by atoms with van der Waals surface area (Å²) in [6.45, 7) is 11.9. The summed E-state index contributed by atoms with van der Waals surface area (Å²) in [5.41, 5.74) is 5.00. The minimum atomic E-state index is -1.50. The molecule has 7 aromatic rings. The largest absolute Gasteiger partial charge is 0.491 e. The number of likely N-dealkylation sites (N-methyl/N-ethyl adjacent to an activating group) is 1. The predicted octanol–water partition coefficient (Wildman–Crippen LogP) is 9.43. The number of piperazine rings is 1. The van der Waals surface area contributed by atoms with Crippen LogP contribution in [0.1, 0.15) is 22.4 Å². The Bertz CT molecular complexity index is 3220. The summed E-state index contributed by atoms with van der Waals surface area (Å²) < 4.78 is 75.6. The fourth-order valence-corrected chi connectivity index (χ4v) is 11.3. The van der Waals surface area contributed by atoms with Crippen molar-refractivity contribution in [3.05, 3.63) is 124 Å². The van der Waals surface area contributed by atoms with Gasteiger partial charge in [-0.3, -0.25) is 4.90 Å². The van der Waals surface area contributed by atoms with Crippen LogP contribution in [0.2, 0.25) is 10.0 Å². The average Bonchev–Trinajstić information content (AvgIpc) is 4.12. The van der Waals surface area contributed by atoms with Crippen molar-refractivity contribution in [1.29, 1.82) is 0 Å². The SMILES string of the molecule is Cc1c(Cl)c2c(Cl)c(C)c1-c1c(-c3ccc(F)cc3)sc3ncnc(c13)O[C@@H](C(=O)O)Cc1cc(ccc1OCc1ccnc(-c3ccc(OCC4COCCOCCOCCOCCO4)cc3)n1)OC[C@@H](CN1CCN(C)CC1)O2. The van der Waals surface area contributed by atoms with E-state index in [1.54, 1.807) is 42.6 Å². The van der Waals surface area contributed by atoms with Crippen molar-refractivity contribution in [1.82, 2.24) is 29.7 Å². The molecule has 0 spiro atoms. The molecule has 1 N–H and O–H groups in total. The van der Waals surface area contributed by atoms with E-state index in [1.165, 1.54) is 29.8 Å². The number of hydrogen-bond donors (Lipinski definition) is 1. The fourth-order valence-electron chi connectivity index (χ4n) is 9.66. The third kappa shape index (κ3) is 14.7. The number of halogens is 3. The van der Waals surface area contributed by atoms with Gasteiger partial charge in [-0.15, -0.1) is 11.3 Å². The van der Waals surface area contributed by atoms with E-state index >= 15 is 0 Å². The van der Waals surface area contributed by atoms with Crippen molar-refractivity contribution in [3.8, 4) is 61.8 Å². The van der Waals surface area contributed by atoms with Gasteiger partial charge in [-0.1, -0.05) is 35.3 Å². The second-order valence-corrected chi connectivity index (χ2v) is 21.5. The third-order valence-electron chi connectivity index (χ3n) is 14.0. The van der Waals surface area contributed by atoms with Crippen LogP contribution in [-0.2, 0) is 41.5 Å². The third-order valence-corrected chi connectivity index (χ3v) is 16.1. The van der Waals surface area contributed by atoms with E-state index < -0.39 is 24.0 Å². The first-order valence-corrected chi connectivity index (χ1v) is 28.4. The van der Waals surface area contributed by atoms with E-state index in [1.807, 2.05) is 38.1 Å². The van der Waals surface area contributed by atoms with Crippen LogP contribution in [-0.4, -0.2) is 172 Å². The number of carbonyl (C=O) groups is 1. The Morgan fingerprint density at radius 1 is 0.765 bits per heavy atom. The lowest BCUT2D eigenvalue weighted by Gasteiger charge is -2.35. The van der Waals surface area contributed by atoms with Crippen LogP contribution in [0.5, 0.6) is 28.9 Å². The molecule has 3 aromatic heterocycles. The Kier molecular flexibility index (Phi) is 19.8. The summed E-state index contributed by atoms with van der Waals surface area (Å²) in [4.78, 5) is 37.9. The first-order chi connectivity index (χ1) is 39.4. The number of ether oxygens (including phenoxy) is 10. The van der Waals surface area contributed by atoms with Gasteiger partial charge in [0.05, 0.1) is 80.6 Å². The molecule has 4 aliphatic rings. The minimum absolute atomic E-state index is 0.00621. The highest BCUT2D eigenvalue weighted by Gasteiger charge is 2.32. The smallest absolute Gasteiger partial charge is 0.345 e. The summed E-state index contributed by atoms with van der Waals surface area (Å²) in [6, 6.07) is 20.6. The van der Waals surface area contributed by atoms with E-state index in [4.69, 9.17) is 75.6 Å². The molecule has 0 radical (unpaired) electrons. The zero-order chi connectivity index (χ0) is 56.2. The molecule has 1 unspecified atom stereocenters. The number of rotatable bonds is 11. The van der Waals surface area contributed by atoms with E-state index in [2.05, 4.69) is 31.8 Å². The van der Waals surface area contributed by atoms with Gasteiger partial charge in [-0.2, -0.15) is 0 Å². The zero-order valence-corrected chi connectivity index (χ0v) is 47.5. The van der Waals surface area contributed by atoms with Crippen LogP contribution >= 0.6 is 34.5 Å². The molecule has 81 heavy (non-hydrogen) atoms. The molecule has 11 rings (SSSR count). The maximum atomic E-state index is 14.5. The molecule has 3 atom stereocenters. The number of hydrogen-bond acceptors (Lipinski definition) is 18. The lowest BCUT2D eigenvalue weighted by molar-refractivity contribution is -0.145. The normalized spacial score (nSPS) is 19.3. The zero-order valence-electron chi connectivity index (χ0n) is 45.2. The molecular weight excluding hydrogens is 1110 g/mol. The highest BCUT2D eigenvalue weighted by molar-refractivity contribution is 7.22. The van der Waals surface area contributed by atoms with Crippen LogP contribution in [0.25, 0.3) is 43.2 Å². The van der Waals surface area contributed by atoms with Gasteiger partial charge in [0.15, 0.2) is 11.6 Å². The van der Waals surface area contributed by atoms with E-state index in [0.717, 1.165) is 31.7 Å². The monoisotopic (exact) mass is 1170 g/mol. The first-order valence-electron chi connectivity index (χ1n) is 26.8. The number of fused-ring (bicyclic) bond motifs is 7. The number of carboxylic acids is 1. The Labute approximate surface area is 482 Å². The number of aromatic nitrogens is 4. The van der Waals surface area contributed by atoms with E-state index in [-0.39, 0.29) is 48.3 Å². The average molecular weight is 1170 g/mol. The topological polar surface area (TPSA) is 188 Å². The van der Waals surface area contributed by atoms with Crippen molar-refractivity contribution >= 4 is 50.7 Å². The molecule has 18 nitrogen and oxygen atoms in total. The van der Waals surface area contributed by atoms with Crippen LogP contribution < -0.4 is 23.7 Å². The fraction of sp³-hybridized carbons (Fsp3) is 0.407. The molecule has 22 heteroatoms. The van der Waals surface area contributed by atoms with E-state index in [0.29, 0.717) is 149 Å². The molecule has 2 fully saturated rings. The van der Waals surface area contributed by atoms with Gasteiger partial charge in [-0.05, 0) is 104 Å². The quantitative estimate of drug-likeness (QED) is 0.129. The second-order valence-electron chi connectivity index (χ2n) is 19.7. The standard InChI is InChI=1S/C59H63Cl2FN6O12S/c1-36-49-37(2)53(61)54(52(36)60)79-45(30-68-18-16-67(3)17-19-68)33-77-44-12-13-47(40(28-44)29-48(59(69)70)80-57-51-50(49)55(81-58(51)65-35-64-57)38-4-8-41(62)9-5-38)78-31-42-14-15-63-56(66-42)39-6-10-43(11-7-39)76-34-46-32-74-25-24-72-21-20-71-22-23-73-26-27-75-46/h4-15,28,35,45-46,48H,16-27,29-34H2,1-3H3,(H,69,70)/t45-,46?,48-/m1/s1. The van der Waals surface area contributed by atoms with Gasteiger partial charge in [0.25, 0.3) is 0 Å². The number of aliphatic carboxylic acids is 1. The molecule has 2 saturated heterocycles. The number of nitrogens with zero attached hydrogens (tertiary/aromatic N) is 6. The molecule has 0 aliphatic carbocycles. The summed E-state index contributed by atoms with van der Waals surface area (Å²) in [5, 5.41) is 12.0. The van der Waals surface area contributed by atoms with Gasteiger partial charge in [0.2, 0.25) is 12.0 Å². The van der Waals surface area contributed by atoms with Crippen molar-refractivity contribution in [2.24, 2.45) is 0 Å². The van der Waals surface area contributed by atoms with Gasteiger partial charge in [0, 0.05) is 66.9 Å². The van der Waals surface area contributed by atoms with Crippen LogP contribution in [0, 0.1) is 19.7 Å². The van der Waals surface area contributed by atoms with Crippen LogP contribution in [0.15, 0.2) is 85.3 Å². The Morgan fingerprint density at radius 3 is 2.17 bits per heavy atom. The molecule has 4 aromatic carbocycles. The van der Waals surface area contributed by atoms with Crippen molar-refractivity contribution < 1.29 is 61.7 Å². The molecule has 0 saturated carbocycles. The minimum Gasteiger partial charge on any atom is -0.491 e. The maximum Gasteiger partial charge on any atom is 0.345 e. The predicted molar refractivity (Wildman–Crippen MR) is 304 cm³/mol. The maximum absolute atomic E-state index is 14.5. The number of thiophene rings is 1. The van der Waals surface area contributed by atoms with Crippen molar-refractivity contribution in [2.75, 3.05) is 112 Å². The van der Waals surface area contributed by atoms with Crippen molar-refractivity contribution in [2.45, 2.75) is 45.2 Å². The first kappa shape index (κ1) is 57.9. The van der Waals surface area contributed by atoms with E-state index in [9.17, 15) is 14.3 Å². The summed E-state index contributed by atoms with van der Waals surface area (Å²) >= 11 is 16.1. The second kappa shape index (κ2) is 27.6. The van der Waals surface area contributed by atoms with Crippen molar-refractivity contribution in [3.63, 3.8) is 0 Å².